The molecule has 0 spiro atoms. The number of rotatable bonds is 10. The third-order valence-corrected chi connectivity index (χ3v) is 5.28. The Kier molecular flexibility index (Phi) is 7.83. The van der Waals surface area contributed by atoms with Crippen molar-refractivity contribution in [2.45, 2.75) is 6.42 Å². The van der Waals surface area contributed by atoms with Gasteiger partial charge in [0.1, 0.15) is 0 Å². The van der Waals surface area contributed by atoms with Crippen molar-refractivity contribution < 1.29 is 19.5 Å². The lowest BCUT2D eigenvalue weighted by Gasteiger charge is -2.20. The molecule has 0 saturated carbocycles. The van der Waals surface area contributed by atoms with Gasteiger partial charge in [-0.25, -0.2) is 0 Å². The Morgan fingerprint density at radius 2 is 1.12 bits per heavy atom. The minimum atomic E-state index is -0.490. The minimum absolute atomic E-state index is 0.0535. The fraction of sp³-hybridized carbons (Fsp3) is 0.130. The lowest BCUT2D eigenvalue weighted by atomic mass is 9.35. The van der Waals surface area contributed by atoms with Crippen molar-refractivity contribution in [2.75, 3.05) is 13.7 Å². The summed E-state index contributed by atoms with van der Waals surface area (Å²) >= 11 is 0. The van der Waals surface area contributed by atoms with Crippen LogP contribution in [0.2, 0.25) is 0 Å². The van der Waals surface area contributed by atoms with Crippen LogP contribution in [-0.4, -0.2) is 35.2 Å². The maximum absolute atomic E-state index is 11.1. The lowest BCUT2D eigenvalue weighted by molar-refractivity contribution is -0.385. The number of nitrogens with zero attached hydrogens (tertiary/aromatic N) is 3. The molecule has 172 valence electrons. The summed E-state index contributed by atoms with van der Waals surface area (Å²) in [7, 11) is 1.57. The molecular weight excluding hydrogens is 441 g/mol. The largest absolute Gasteiger partial charge is 0.384 e. The van der Waals surface area contributed by atoms with Crippen molar-refractivity contribution in [3.05, 3.63) is 115 Å². The molecule has 3 aromatic carbocycles. The van der Waals surface area contributed by atoms with Crippen molar-refractivity contribution in [1.29, 1.82) is 0 Å². The Morgan fingerprint density at radius 1 is 0.735 bits per heavy atom. The van der Waals surface area contributed by atoms with E-state index in [1.807, 2.05) is 6.08 Å². The van der Waals surface area contributed by atoms with Crippen molar-refractivity contribution in [1.82, 2.24) is 0 Å². The summed E-state index contributed by atoms with van der Waals surface area (Å²) in [5, 5.41) is 33.4. The van der Waals surface area contributed by atoms with Gasteiger partial charge in [-0.1, -0.05) is 46.7 Å². The van der Waals surface area contributed by atoms with E-state index < -0.39 is 21.5 Å². The fourth-order valence-electron chi connectivity index (χ4n) is 3.64. The number of nitro benzene ring substituents is 3. The van der Waals surface area contributed by atoms with Crippen LogP contribution in [0.1, 0.15) is 12.0 Å². The standard InChI is InChI=1S/C23H20BN3O7/c1-34-16-2-3-23(17-4-10-20(11-5-17)25(28)29)24(18-6-12-21(13-7-18)26(30)31)19-8-14-22(15-9-19)27(32)33/h3-15H,2,16H2,1H3/b23-3-. The number of hydrogen-bond acceptors (Lipinski definition) is 7. The number of methoxy groups -OCH3 is 1. The summed E-state index contributed by atoms with van der Waals surface area (Å²) in [5.41, 5.74) is 2.76. The zero-order chi connectivity index (χ0) is 24.7. The van der Waals surface area contributed by atoms with Gasteiger partial charge < -0.3 is 4.74 Å². The molecule has 0 amide bonds. The Hall–Kier alpha value is -4.38. The summed E-state index contributed by atoms with van der Waals surface area (Å²) in [4.78, 5) is 31.9. The van der Waals surface area contributed by atoms with E-state index in [1.165, 1.54) is 36.4 Å². The highest BCUT2D eigenvalue weighted by Gasteiger charge is 2.26. The average Bonchev–Trinajstić information content (AvgIpc) is 2.84. The Morgan fingerprint density at radius 3 is 1.47 bits per heavy atom. The van der Waals surface area contributed by atoms with Crippen molar-refractivity contribution in [3.8, 4) is 0 Å². The molecule has 0 radical (unpaired) electrons. The van der Waals surface area contributed by atoms with Gasteiger partial charge in [-0.2, -0.15) is 0 Å². The van der Waals surface area contributed by atoms with Crippen LogP contribution in [0.3, 0.4) is 0 Å². The van der Waals surface area contributed by atoms with Gasteiger partial charge in [0, 0.05) is 50.1 Å². The number of non-ortho nitro benzene ring substituents is 3. The molecule has 0 bridgehead atoms. The first kappa shape index (κ1) is 24.3. The second kappa shape index (κ2) is 11.0. The van der Waals surface area contributed by atoms with Gasteiger partial charge in [-0.15, -0.1) is 0 Å². The van der Waals surface area contributed by atoms with Crippen LogP contribution < -0.4 is 10.9 Å². The third-order valence-electron chi connectivity index (χ3n) is 5.28. The molecule has 0 fully saturated rings. The molecule has 3 rings (SSSR count). The highest BCUT2D eigenvalue weighted by atomic mass is 16.6. The SMILES string of the molecule is COCC/C=C(\B(c1ccc([N+](=O)[O-])cc1)c1ccc([N+](=O)[O-])cc1)c1ccc([N+](=O)[O-])cc1. The second-order valence-corrected chi connectivity index (χ2v) is 7.38. The average molecular weight is 461 g/mol. The summed E-state index contributed by atoms with van der Waals surface area (Å²) in [6, 6.07) is 18.2. The second-order valence-electron chi connectivity index (χ2n) is 7.38. The van der Waals surface area contributed by atoms with Gasteiger partial charge in [0.05, 0.1) is 14.8 Å². The zero-order valence-electron chi connectivity index (χ0n) is 18.2. The summed E-state index contributed by atoms with van der Waals surface area (Å²) < 4.78 is 5.17. The normalized spacial score (nSPS) is 11.1. The van der Waals surface area contributed by atoms with E-state index in [0.29, 0.717) is 18.6 Å². The van der Waals surface area contributed by atoms with Crippen LogP contribution in [0.15, 0.2) is 78.9 Å². The molecule has 0 aromatic heterocycles. The summed E-state index contributed by atoms with van der Waals surface area (Å²) in [5.74, 6) is 0. The Balaban J connectivity index is 2.17. The van der Waals surface area contributed by atoms with E-state index in [4.69, 9.17) is 4.74 Å². The molecule has 0 aliphatic rings. The predicted molar refractivity (Wildman–Crippen MR) is 129 cm³/mol. The third kappa shape index (κ3) is 5.70. The van der Waals surface area contributed by atoms with E-state index in [0.717, 1.165) is 16.4 Å². The van der Waals surface area contributed by atoms with Crippen molar-refractivity contribution >= 4 is 40.2 Å². The van der Waals surface area contributed by atoms with E-state index in [-0.39, 0.29) is 17.1 Å². The maximum Gasteiger partial charge on any atom is 0.269 e. The topological polar surface area (TPSA) is 139 Å². The molecule has 0 N–H and O–H groups in total. The molecule has 0 aliphatic carbocycles. The quantitative estimate of drug-likeness (QED) is 0.194. The summed E-state index contributed by atoms with van der Waals surface area (Å²) in [6.07, 6.45) is 2.48. The van der Waals surface area contributed by atoms with Crippen molar-refractivity contribution in [3.63, 3.8) is 0 Å². The van der Waals surface area contributed by atoms with Crippen LogP contribution in [0.4, 0.5) is 17.1 Å². The highest BCUT2D eigenvalue weighted by Crippen LogP contribution is 2.23. The highest BCUT2D eigenvalue weighted by molar-refractivity contribution is 6.99. The van der Waals surface area contributed by atoms with Crippen LogP contribution in [-0.2, 0) is 4.74 Å². The molecule has 10 nitrogen and oxygen atoms in total. The van der Waals surface area contributed by atoms with Gasteiger partial charge in [0.2, 0.25) is 6.71 Å². The minimum Gasteiger partial charge on any atom is -0.384 e. The Labute approximate surface area is 195 Å². The predicted octanol–water partition coefficient (Wildman–Crippen LogP) is 3.68. The number of nitro groups is 3. The zero-order valence-corrected chi connectivity index (χ0v) is 18.2. The van der Waals surface area contributed by atoms with E-state index in [1.54, 1.807) is 43.5 Å². The molecule has 0 saturated heterocycles. The monoisotopic (exact) mass is 461 g/mol. The molecule has 0 aliphatic heterocycles. The molecule has 0 heterocycles. The molecule has 3 aromatic rings. The first-order valence-electron chi connectivity index (χ1n) is 10.2. The molecule has 0 unspecified atom stereocenters. The van der Waals surface area contributed by atoms with Gasteiger partial charge in [-0.3, -0.25) is 30.3 Å². The van der Waals surface area contributed by atoms with E-state index in [9.17, 15) is 30.3 Å². The first-order chi connectivity index (χ1) is 16.3. The van der Waals surface area contributed by atoms with Gasteiger partial charge in [0.15, 0.2) is 0 Å². The summed E-state index contributed by atoms with van der Waals surface area (Å²) in [6.45, 7) is -0.0103. The van der Waals surface area contributed by atoms with Crippen molar-refractivity contribution in [2.24, 2.45) is 0 Å². The molecule has 0 atom stereocenters. The number of hydrogen-bond donors (Lipinski definition) is 0. The van der Waals surface area contributed by atoms with Crippen LogP contribution in [0.5, 0.6) is 0 Å². The smallest absolute Gasteiger partial charge is 0.269 e. The van der Waals surface area contributed by atoms with Gasteiger partial charge in [0.25, 0.3) is 17.1 Å². The van der Waals surface area contributed by atoms with E-state index in [2.05, 4.69) is 0 Å². The fourth-order valence-corrected chi connectivity index (χ4v) is 3.64. The van der Waals surface area contributed by atoms with E-state index >= 15 is 0 Å². The number of benzene rings is 3. The van der Waals surface area contributed by atoms with Gasteiger partial charge in [-0.05, 0) is 24.1 Å². The molecule has 11 heteroatoms. The lowest BCUT2D eigenvalue weighted by Crippen LogP contribution is -2.43. The first-order valence-corrected chi connectivity index (χ1v) is 10.2. The maximum atomic E-state index is 11.1. The van der Waals surface area contributed by atoms with Crippen LogP contribution in [0.25, 0.3) is 5.47 Å². The van der Waals surface area contributed by atoms with Crippen LogP contribution in [0, 0.1) is 30.3 Å². The van der Waals surface area contributed by atoms with Gasteiger partial charge >= 0.3 is 0 Å². The molecule has 34 heavy (non-hydrogen) atoms. The Bertz CT molecular complexity index is 1150. The number of ether oxygens (including phenoxy) is 1. The van der Waals surface area contributed by atoms with Crippen LogP contribution >= 0.6 is 0 Å². The molecular formula is C23H20BN3O7.